The average molecular weight is 249 g/mol. The van der Waals surface area contributed by atoms with Crippen molar-refractivity contribution in [3.05, 3.63) is 48.0 Å². The lowest BCUT2D eigenvalue weighted by Gasteiger charge is -2.08. The number of aromatic nitrogens is 2. The highest BCUT2D eigenvalue weighted by molar-refractivity contribution is 5.36. The molecule has 0 amide bonds. The highest BCUT2D eigenvalue weighted by atomic mass is 19.3. The summed E-state index contributed by atoms with van der Waals surface area (Å²) in [5.41, 5.74) is 0.449. The fourth-order valence-electron chi connectivity index (χ4n) is 1.44. The molecular weight excluding hydrogens is 240 g/mol. The maximum Gasteiger partial charge on any atom is 0.320 e. The molecule has 0 bridgehead atoms. The van der Waals surface area contributed by atoms with Gasteiger partial charge in [-0.2, -0.15) is 14.0 Å². The second-order valence-electron chi connectivity index (χ2n) is 3.46. The van der Waals surface area contributed by atoms with Crippen LogP contribution < -0.4 is 4.74 Å². The van der Waals surface area contributed by atoms with E-state index in [0.29, 0.717) is 11.3 Å². The molecule has 0 spiro atoms. The molecule has 92 valence electrons. The van der Waals surface area contributed by atoms with Crippen LogP contribution in [0.15, 0.2) is 36.7 Å². The Hall–Kier alpha value is -2.42. The summed E-state index contributed by atoms with van der Waals surface area (Å²) in [5.74, 6) is 0.574. The van der Waals surface area contributed by atoms with E-state index in [4.69, 9.17) is 10.00 Å². The normalized spacial score (nSPS) is 10.3. The van der Waals surface area contributed by atoms with E-state index in [2.05, 4.69) is 4.98 Å². The van der Waals surface area contributed by atoms with Crippen LogP contribution in [0.1, 0.15) is 17.9 Å². The summed E-state index contributed by atoms with van der Waals surface area (Å²) in [7, 11) is 0. The molecule has 0 saturated heterocycles. The molecular formula is C12H9F2N3O. The smallest absolute Gasteiger partial charge is 0.320 e. The van der Waals surface area contributed by atoms with Crippen LogP contribution in [-0.2, 0) is 6.61 Å². The number of hydrogen-bond acceptors (Lipinski definition) is 3. The van der Waals surface area contributed by atoms with Gasteiger partial charge in [-0.05, 0) is 18.2 Å². The standard InChI is InChI=1S/C12H9F2N3O/c13-12(14)17-5-4-16-11(17)8-18-10-3-1-2-9(6-10)7-15/h1-6,12H,8H2. The fourth-order valence-corrected chi connectivity index (χ4v) is 1.44. The molecule has 0 fully saturated rings. The molecule has 0 aliphatic heterocycles. The quantitative estimate of drug-likeness (QED) is 0.837. The van der Waals surface area contributed by atoms with Gasteiger partial charge < -0.3 is 4.74 Å². The maximum atomic E-state index is 12.5. The first-order valence-electron chi connectivity index (χ1n) is 5.13. The van der Waals surface area contributed by atoms with Gasteiger partial charge >= 0.3 is 6.55 Å². The van der Waals surface area contributed by atoms with Crippen molar-refractivity contribution in [1.29, 1.82) is 5.26 Å². The van der Waals surface area contributed by atoms with Crippen molar-refractivity contribution in [2.75, 3.05) is 0 Å². The molecule has 6 heteroatoms. The van der Waals surface area contributed by atoms with E-state index in [0.717, 1.165) is 4.57 Å². The van der Waals surface area contributed by atoms with Gasteiger partial charge in [0.15, 0.2) is 5.82 Å². The zero-order valence-corrected chi connectivity index (χ0v) is 9.25. The fraction of sp³-hybridized carbons (Fsp3) is 0.167. The Kier molecular flexibility index (Phi) is 3.53. The van der Waals surface area contributed by atoms with Crippen LogP contribution in [0, 0.1) is 11.3 Å². The number of ether oxygens (including phenoxy) is 1. The van der Waals surface area contributed by atoms with Gasteiger partial charge in [-0.3, -0.25) is 4.57 Å². The molecule has 0 radical (unpaired) electrons. The first-order valence-corrected chi connectivity index (χ1v) is 5.13. The van der Waals surface area contributed by atoms with Gasteiger partial charge in [-0.15, -0.1) is 0 Å². The Morgan fingerprint density at radius 1 is 1.44 bits per heavy atom. The van der Waals surface area contributed by atoms with Crippen molar-refractivity contribution in [1.82, 2.24) is 9.55 Å². The predicted octanol–water partition coefficient (Wildman–Crippen LogP) is 2.73. The number of nitrogens with zero attached hydrogens (tertiary/aromatic N) is 3. The lowest BCUT2D eigenvalue weighted by molar-refractivity contribution is 0.0632. The molecule has 2 rings (SSSR count). The third-order valence-corrected chi connectivity index (χ3v) is 2.29. The molecule has 0 saturated carbocycles. The van der Waals surface area contributed by atoms with E-state index < -0.39 is 6.55 Å². The number of halogens is 2. The van der Waals surface area contributed by atoms with Crippen LogP contribution in [0.2, 0.25) is 0 Å². The lowest BCUT2D eigenvalue weighted by atomic mass is 10.2. The zero-order chi connectivity index (χ0) is 13.0. The Bertz CT molecular complexity index is 575. The van der Waals surface area contributed by atoms with Gasteiger partial charge in [0.1, 0.15) is 12.4 Å². The maximum absolute atomic E-state index is 12.5. The van der Waals surface area contributed by atoms with Crippen molar-refractivity contribution >= 4 is 0 Å². The van der Waals surface area contributed by atoms with Crippen molar-refractivity contribution in [2.24, 2.45) is 0 Å². The van der Waals surface area contributed by atoms with Crippen molar-refractivity contribution < 1.29 is 13.5 Å². The highest BCUT2D eigenvalue weighted by Crippen LogP contribution is 2.16. The van der Waals surface area contributed by atoms with Gasteiger partial charge in [0.2, 0.25) is 0 Å². The van der Waals surface area contributed by atoms with E-state index >= 15 is 0 Å². The highest BCUT2D eigenvalue weighted by Gasteiger charge is 2.11. The minimum absolute atomic E-state index is 0.0772. The summed E-state index contributed by atoms with van der Waals surface area (Å²) in [4.78, 5) is 3.79. The first kappa shape index (κ1) is 12.0. The van der Waals surface area contributed by atoms with Crippen LogP contribution in [0.25, 0.3) is 0 Å². The Morgan fingerprint density at radius 2 is 2.28 bits per heavy atom. The minimum atomic E-state index is -2.64. The molecule has 18 heavy (non-hydrogen) atoms. The molecule has 0 unspecified atom stereocenters. The number of benzene rings is 1. The third-order valence-electron chi connectivity index (χ3n) is 2.29. The number of hydrogen-bond donors (Lipinski definition) is 0. The average Bonchev–Trinajstić information content (AvgIpc) is 2.85. The topological polar surface area (TPSA) is 50.8 Å². The van der Waals surface area contributed by atoms with E-state index in [-0.39, 0.29) is 12.4 Å². The molecule has 0 aliphatic carbocycles. The molecule has 1 aromatic carbocycles. The SMILES string of the molecule is N#Cc1cccc(OCc2nccn2C(F)F)c1. The molecule has 0 atom stereocenters. The summed E-state index contributed by atoms with van der Waals surface area (Å²) in [6.45, 7) is -2.72. The van der Waals surface area contributed by atoms with E-state index in [1.807, 2.05) is 6.07 Å². The molecule has 2 aromatic rings. The van der Waals surface area contributed by atoms with Gasteiger partial charge in [0, 0.05) is 12.4 Å². The van der Waals surface area contributed by atoms with E-state index in [1.54, 1.807) is 18.2 Å². The third kappa shape index (κ3) is 2.63. The number of rotatable bonds is 4. The summed E-state index contributed by atoms with van der Waals surface area (Å²) in [6.07, 6.45) is 2.48. The van der Waals surface area contributed by atoms with Crippen LogP contribution in [0.4, 0.5) is 8.78 Å². The monoisotopic (exact) mass is 249 g/mol. The van der Waals surface area contributed by atoms with Crippen LogP contribution in [-0.4, -0.2) is 9.55 Å². The largest absolute Gasteiger partial charge is 0.486 e. The van der Waals surface area contributed by atoms with Crippen LogP contribution in [0.3, 0.4) is 0 Å². The van der Waals surface area contributed by atoms with Crippen molar-refractivity contribution in [3.63, 3.8) is 0 Å². The van der Waals surface area contributed by atoms with Gasteiger partial charge in [0.25, 0.3) is 0 Å². The second-order valence-corrected chi connectivity index (χ2v) is 3.46. The summed E-state index contributed by atoms with van der Waals surface area (Å²) < 4.78 is 31.1. The zero-order valence-electron chi connectivity index (χ0n) is 9.25. The van der Waals surface area contributed by atoms with Crippen molar-refractivity contribution in [2.45, 2.75) is 13.2 Å². The Labute approximate surface area is 102 Å². The summed E-state index contributed by atoms with van der Waals surface area (Å²) in [5, 5.41) is 8.71. The van der Waals surface area contributed by atoms with E-state index in [9.17, 15) is 8.78 Å². The van der Waals surface area contributed by atoms with Crippen LogP contribution in [0.5, 0.6) is 5.75 Å². The van der Waals surface area contributed by atoms with Gasteiger partial charge in [0.05, 0.1) is 11.6 Å². The molecule has 4 nitrogen and oxygen atoms in total. The first-order chi connectivity index (χ1) is 8.70. The lowest BCUT2D eigenvalue weighted by Crippen LogP contribution is -2.07. The Balaban J connectivity index is 2.07. The second kappa shape index (κ2) is 5.27. The van der Waals surface area contributed by atoms with Crippen molar-refractivity contribution in [3.8, 4) is 11.8 Å². The number of alkyl halides is 2. The molecule has 1 aromatic heterocycles. The van der Waals surface area contributed by atoms with Gasteiger partial charge in [-0.25, -0.2) is 4.98 Å². The Morgan fingerprint density at radius 3 is 3.00 bits per heavy atom. The predicted molar refractivity (Wildman–Crippen MR) is 59.0 cm³/mol. The summed E-state index contributed by atoms with van der Waals surface area (Å²) >= 11 is 0. The van der Waals surface area contributed by atoms with E-state index in [1.165, 1.54) is 18.5 Å². The molecule has 0 aliphatic rings. The number of nitriles is 1. The van der Waals surface area contributed by atoms with Crippen LogP contribution >= 0.6 is 0 Å². The minimum Gasteiger partial charge on any atom is -0.486 e. The number of imidazole rings is 1. The molecule has 1 heterocycles. The summed E-state index contributed by atoms with van der Waals surface area (Å²) in [6, 6.07) is 8.45. The van der Waals surface area contributed by atoms with Gasteiger partial charge in [-0.1, -0.05) is 6.07 Å². The molecule has 0 N–H and O–H groups in total.